The van der Waals surface area contributed by atoms with Crippen LogP contribution in [-0.4, -0.2) is 42.9 Å². The highest BCUT2D eigenvalue weighted by Gasteiger charge is 2.32. The second-order valence-corrected chi connectivity index (χ2v) is 6.59. The number of nitrogens with zero attached hydrogens (tertiary/aromatic N) is 4. The average Bonchev–Trinajstić information content (AvgIpc) is 3.27. The molecule has 0 saturated carbocycles. The molecule has 0 unspecified atom stereocenters. The number of aliphatic carboxylic acids is 1. The van der Waals surface area contributed by atoms with Gasteiger partial charge in [0.05, 0.1) is 10.6 Å². The van der Waals surface area contributed by atoms with E-state index in [1.54, 1.807) is 17.5 Å². The Hall–Kier alpha value is -2.25. The van der Waals surface area contributed by atoms with Crippen LogP contribution in [0.15, 0.2) is 36.0 Å². The van der Waals surface area contributed by atoms with Crippen molar-refractivity contribution in [2.45, 2.75) is 25.4 Å². The third kappa shape index (κ3) is 2.51. The standard InChI is InChI=1S/C16H16N4O2S/c21-15(22)11-4-1-7-19(11)10-12-14(13-5-2-9-23-13)18-16-17-6-3-8-20(12)16/h2-3,5-6,8-9,11H,1,4,7,10H2,(H,21,22)/t11-/m0/s1. The molecule has 1 aliphatic heterocycles. The Morgan fingerprint density at radius 1 is 1.43 bits per heavy atom. The summed E-state index contributed by atoms with van der Waals surface area (Å²) in [4.78, 5) is 23.5. The Kier molecular flexibility index (Phi) is 3.59. The van der Waals surface area contributed by atoms with Gasteiger partial charge in [-0.3, -0.25) is 14.1 Å². The number of hydrogen-bond donors (Lipinski definition) is 1. The maximum absolute atomic E-state index is 11.4. The van der Waals surface area contributed by atoms with Gasteiger partial charge in [0, 0.05) is 18.9 Å². The van der Waals surface area contributed by atoms with Crippen LogP contribution in [-0.2, 0) is 11.3 Å². The summed E-state index contributed by atoms with van der Waals surface area (Å²) in [6.45, 7) is 1.37. The Labute approximate surface area is 137 Å². The molecule has 3 aromatic heterocycles. The molecule has 1 atom stereocenters. The summed E-state index contributed by atoms with van der Waals surface area (Å²) in [7, 11) is 0. The molecule has 0 bridgehead atoms. The van der Waals surface area contributed by atoms with E-state index in [1.807, 2.05) is 39.1 Å². The third-order valence-electron chi connectivity index (χ3n) is 4.26. The Bertz CT molecular complexity index is 843. The van der Waals surface area contributed by atoms with Gasteiger partial charge in [-0.15, -0.1) is 11.3 Å². The number of carbonyl (C=O) groups is 1. The smallest absolute Gasteiger partial charge is 0.320 e. The predicted octanol–water partition coefficient (Wildman–Crippen LogP) is 2.51. The molecule has 1 aliphatic rings. The predicted molar refractivity (Wildman–Crippen MR) is 87.4 cm³/mol. The van der Waals surface area contributed by atoms with Crippen molar-refractivity contribution in [1.82, 2.24) is 19.3 Å². The van der Waals surface area contributed by atoms with Crippen LogP contribution in [0.4, 0.5) is 0 Å². The first kappa shape index (κ1) is 14.3. The lowest BCUT2D eigenvalue weighted by molar-refractivity contribution is -0.142. The molecule has 3 aromatic rings. The minimum atomic E-state index is -0.743. The summed E-state index contributed by atoms with van der Waals surface area (Å²) in [6.07, 6.45) is 5.28. The van der Waals surface area contributed by atoms with Crippen LogP contribution in [0.1, 0.15) is 18.5 Å². The summed E-state index contributed by atoms with van der Waals surface area (Å²) in [5, 5.41) is 11.4. The second-order valence-electron chi connectivity index (χ2n) is 5.64. The van der Waals surface area contributed by atoms with E-state index in [-0.39, 0.29) is 0 Å². The number of aromatic nitrogens is 3. The van der Waals surface area contributed by atoms with Gasteiger partial charge in [0.25, 0.3) is 0 Å². The highest BCUT2D eigenvalue weighted by atomic mass is 32.1. The van der Waals surface area contributed by atoms with Crippen LogP contribution in [0.2, 0.25) is 0 Å². The minimum absolute atomic E-state index is 0.409. The molecule has 0 aliphatic carbocycles. The lowest BCUT2D eigenvalue weighted by Gasteiger charge is -2.21. The first-order chi connectivity index (χ1) is 11.2. The zero-order valence-corrected chi connectivity index (χ0v) is 13.2. The van der Waals surface area contributed by atoms with Crippen molar-refractivity contribution in [3.05, 3.63) is 41.7 Å². The van der Waals surface area contributed by atoms with Gasteiger partial charge in [-0.05, 0) is 36.9 Å². The normalized spacial score (nSPS) is 18.7. The molecular weight excluding hydrogens is 312 g/mol. The Balaban J connectivity index is 1.79. The van der Waals surface area contributed by atoms with Crippen LogP contribution >= 0.6 is 11.3 Å². The maximum atomic E-state index is 11.4. The van der Waals surface area contributed by atoms with Gasteiger partial charge in [-0.2, -0.15) is 0 Å². The molecule has 0 spiro atoms. The Morgan fingerprint density at radius 3 is 3.13 bits per heavy atom. The maximum Gasteiger partial charge on any atom is 0.320 e. The fourth-order valence-corrected chi connectivity index (χ4v) is 3.92. The van der Waals surface area contributed by atoms with Crippen molar-refractivity contribution < 1.29 is 9.90 Å². The molecule has 7 heteroatoms. The van der Waals surface area contributed by atoms with Gasteiger partial charge in [0.1, 0.15) is 11.7 Å². The van der Waals surface area contributed by atoms with Gasteiger partial charge in [0.2, 0.25) is 5.78 Å². The topological polar surface area (TPSA) is 70.7 Å². The number of fused-ring (bicyclic) bond motifs is 1. The number of rotatable bonds is 4. The summed E-state index contributed by atoms with van der Waals surface area (Å²) in [5.41, 5.74) is 1.90. The number of carboxylic acids is 1. The van der Waals surface area contributed by atoms with E-state index in [2.05, 4.69) is 9.97 Å². The molecule has 4 rings (SSSR count). The van der Waals surface area contributed by atoms with Crippen molar-refractivity contribution >= 4 is 23.1 Å². The van der Waals surface area contributed by atoms with Gasteiger partial charge in [0.15, 0.2) is 0 Å². The number of carboxylic acid groups (broad SMARTS) is 1. The van der Waals surface area contributed by atoms with Crippen LogP contribution in [0.5, 0.6) is 0 Å². The van der Waals surface area contributed by atoms with Gasteiger partial charge in [-0.1, -0.05) is 6.07 Å². The van der Waals surface area contributed by atoms with E-state index in [4.69, 9.17) is 0 Å². The fraction of sp³-hybridized carbons (Fsp3) is 0.312. The molecule has 23 heavy (non-hydrogen) atoms. The van der Waals surface area contributed by atoms with Crippen molar-refractivity contribution in [3.63, 3.8) is 0 Å². The molecule has 1 fully saturated rings. The largest absolute Gasteiger partial charge is 0.480 e. The van der Waals surface area contributed by atoms with Crippen molar-refractivity contribution in [2.75, 3.05) is 6.54 Å². The van der Waals surface area contributed by atoms with E-state index >= 15 is 0 Å². The first-order valence-corrected chi connectivity index (χ1v) is 8.44. The third-order valence-corrected chi connectivity index (χ3v) is 5.14. The second kappa shape index (κ2) is 5.75. The average molecular weight is 328 g/mol. The number of thiophene rings is 1. The SMILES string of the molecule is O=C(O)[C@@H]1CCCN1Cc1c(-c2cccs2)nc2ncccn12. The van der Waals surface area contributed by atoms with Crippen molar-refractivity contribution in [1.29, 1.82) is 0 Å². The monoisotopic (exact) mass is 328 g/mol. The van der Waals surface area contributed by atoms with Gasteiger partial charge < -0.3 is 5.11 Å². The first-order valence-electron chi connectivity index (χ1n) is 7.57. The van der Waals surface area contributed by atoms with Gasteiger partial charge >= 0.3 is 5.97 Å². The number of likely N-dealkylation sites (tertiary alicyclic amines) is 1. The van der Waals surface area contributed by atoms with E-state index in [9.17, 15) is 9.90 Å². The van der Waals surface area contributed by atoms with E-state index in [1.165, 1.54) is 0 Å². The molecular formula is C16H16N4O2S. The highest BCUT2D eigenvalue weighted by molar-refractivity contribution is 7.13. The molecule has 0 radical (unpaired) electrons. The van der Waals surface area contributed by atoms with Crippen molar-refractivity contribution in [3.8, 4) is 10.6 Å². The number of hydrogen-bond acceptors (Lipinski definition) is 5. The van der Waals surface area contributed by atoms with Crippen LogP contribution in [0.25, 0.3) is 16.3 Å². The summed E-state index contributed by atoms with van der Waals surface area (Å²) in [6, 6.07) is 5.49. The van der Waals surface area contributed by atoms with Crippen LogP contribution in [0, 0.1) is 0 Å². The van der Waals surface area contributed by atoms with Crippen LogP contribution < -0.4 is 0 Å². The fourth-order valence-electron chi connectivity index (χ4n) is 3.18. The minimum Gasteiger partial charge on any atom is -0.480 e. The van der Waals surface area contributed by atoms with Gasteiger partial charge in [-0.25, -0.2) is 9.97 Å². The quantitative estimate of drug-likeness (QED) is 0.797. The van der Waals surface area contributed by atoms with E-state index in [0.29, 0.717) is 18.7 Å². The lowest BCUT2D eigenvalue weighted by Crippen LogP contribution is -2.35. The number of imidazole rings is 1. The molecule has 1 N–H and O–H groups in total. The van der Waals surface area contributed by atoms with Crippen molar-refractivity contribution in [2.24, 2.45) is 0 Å². The van der Waals surface area contributed by atoms with Crippen LogP contribution in [0.3, 0.4) is 0 Å². The zero-order valence-electron chi connectivity index (χ0n) is 12.4. The molecule has 118 valence electrons. The molecule has 0 amide bonds. The molecule has 6 nitrogen and oxygen atoms in total. The lowest BCUT2D eigenvalue weighted by atomic mass is 10.2. The van der Waals surface area contributed by atoms with E-state index in [0.717, 1.165) is 29.2 Å². The molecule has 4 heterocycles. The summed E-state index contributed by atoms with van der Waals surface area (Å²) in [5.74, 6) is -0.0934. The highest BCUT2D eigenvalue weighted by Crippen LogP contribution is 2.30. The van der Waals surface area contributed by atoms with E-state index < -0.39 is 12.0 Å². The molecule has 1 saturated heterocycles. The summed E-state index contributed by atoms with van der Waals surface area (Å²) >= 11 is 1.63. The molecule has 0 aromatic carbocycles. The summed E-state index contributed by atoms with van der Waals surface area (Å²) < 4.78 is 1.96. The Morgan fingerprint density at radius 2 is 2.35 bits per heavy atom. The zero-order chi connectivity index (χ0) is 15.8.